The summed E-state index contributed by atoms with van der Waals surface area (Å²) in [4.78, 5) is 20.0. The second-order valence-electron chi connectivity index (χ2n) is 11.6. The van der Waals surface area contributed by atoms with E-state index in [-0.39, 0.29) is 36.7 Å². The summed E-state index contributed by atoms with van der Waals surface area (Å²) in [6, 6.07) is 12.7. The maximum Gasteiger partial charge on any atom is 0.416 e. The van der Waals surface area contributed by atoms with Crippen LogP contribution in [0.15, 0.2) is 54.7 Å². The number of aromatic nitrogens is 1. The van der Waals surface area contributed by atoms with E-state index < -0.39 is 27.8 Å². The van der Waals surface area contributed by atoms with Crippen molar-refractivity contribution in [3.63, 3.8) is 0 Å². The van der Waals surface area contributed by atoms with Crippen molar-refractivity contribution in [3.05, 3.63) is 82.2 Å². The number of carbonyl (C=O) groups is 1. The number of likely N-dealkylation sites (N-methyl/N-ethyl adjacent to an activating group) is 1. The molecular weight excluding hydrogens is 521 g/mol. The number of hydroxylamine groups is 5. The lowest BCUT2D eigenvalue weighted by atomic mass is 9.67. The predicted molar refractivity (Wildman–Crippen MR) is 147 cm³/mol. The topological polar surface area (TPSA) is 76.5 Å². The molecule has 2 aliphatic rings. The number of carbonyl (C=O) groups excluding carboxylic acids is 1. The van der Waals surface area contributed by atoms with Crippen LogP contribution in [0.3, 0.4) is 0 Å². The van der Waals surface area contributed by atoms with Crippen molar-refractivity contribution in [2.75, 3.05) is 38.1 Å². The zero-order chi connectivity index (χ0) is 29.3. The lowest BCUT2D eigenvalue weighted by molar-refractivity contribution is -1.09. The minimum absolute atomic E-state index is 0.151. The van der Waals surface area contributed by atoms with Crippen LogP contribution in [0.1, 0.15) is 36.1 Å². The molecule has 40 heavy (non-hydrogen) atoms. The molecule has 2 atom stereocenters. The van der Waals surface area contributed by atoms with Crippen LogP contribution in [-0.2, 0) is 16.4 Å². The Morgan fingerprint density at radius 2 is 1.70 bits per heavy atom. The van der Waals surface area contributed by atoms with Gasteiger partial charge in [0.2, 0.25) is 11.7 Å². The second-order valence-corrected chi connectivity index (χ2v) is 11.6. The molecule has 5 rings (SSSR count). The van der Waals surface area contributed by atoms with Crippen molar-refractivity contribution in [2.24, 2.45) is 0 Å². The first-order chi connectivity index (χ1) is 18.6. The van der Waals surface area contributed by atoms with E-state index in [1.807, 2.05) is 38.1 Å². The van der Waals surface area contributed by atoms with Gasteiger partial charge in [0.1, 0.15) is 13.1 Å². The fourth-order valence-corrected chi connectivity index (χ4v) is 5.88. The summed E-state index contributed by atoms with van der Waals surface area (Å²) in [5.41, 5.74) is 1.73. The average molecular weight is 556 g/mol. The molecule has 0 radical (unpaired) electrons. The van der Waals surface area contributed by atoms with E-state index in [0.29, 0.717) is 28.2 Å². The number of nitrogens with zero attached hydrogens (tertiary/aromatic N) is 4. The number of quaternary nitrogens is 2. The monoisotopic (exact) mass is 555 g/mol. The molecule has 2 unspecified atom stereocenters. The van der Waals surface area contributed by atoms with Crippen LogP contribution in [0.2, 0.25) is 0 Å². The Morgan fingerprint density at radius 1 is 1.05 bits per heavy atom. The van der Waals surface area contributed by atoms with Crippen molar-refractivity contribution in [3.8, 4) is 11.1 Å². The summed E-state index contributed by atoms with van der Waals surface area (Å²) in [5, 5.41) is 24.1. The van der Waals surface area contributed by atoms with E-state index in [0.717, 1.165) is 23.3 Å². The Morgan fingerprint density at radius 3 is 2.30 bits per heavy atom. The summed E-state index contributed by atoms with van der Waals surface area (Å²) in [5.74, 6) is -0.0426. The number of halogens is 3. The molecule has 2 saturated heterocycles. The Labute approximate surface area is 231 Å². The molecule has 0 spiro atoms. The lowest BCUT2D eigenvalue weighted by Crippen LogP contribution is -2.69. The Kier molecular flexibility index (Phi) is 6.61. The molecule has 1 aromatic heterocycles. The zero-order valence-corrected chi connectivity index (χ0v) is 23.3. The third-order valence-electron chi connectivity index (χ3n) is 8.76. The first-order valence-corrected chi connectivity index (χ1v) is 13.3. The fourth-order valence-electron chi connectivity index (χ4n) is 5.88. The Balaban J connectivity index is 1.58. The van der Waals surface area contributed by atoms with Gasteiger partial charge in [0.25, 0.3) is 0 Å². The average Bonchev–Trinajstić information content (AvgIpc) is 2.90. The van der Waals surface area contributed by atoms with Crippen LogP contribution in [0.5, 0.6) is 0 Å². The van der Waals surface area contributed by atoms with Gasteiger partial charge >= 0.3 is 6.18 Å². The molecule has 2 fully saturated rings. The first kappa shape index (κ1) is 28.2. The quantitative estimate of drug-likeness (QED) is 0.253. The number of aryl methyl sites for hydroxylation is 2. The molecule has 3 aromatic rings. The number of alkyl halides is 3. The molecule has 1 amide bonds. The van der Waals surface area contributed by atoms with Crippen molar-refractivity contribution in [1.29, 1.82) is 0 Å². The Bertz CT molecular complexity index is 1480. The highest BCUT2D eigenvalue weighted by molar-refractivity contribution is 6.11. The molecule has 0 saturated carbocycles. The number of piperazine rings is 1. The van der Waals surface area contributed by atoms with E-state index in [1.54, 1.807) is 37.9 Å². The van der Waals surface area contributed by atoms with Crippen molar-refractivity contribution >= 4 is 17.4 Å². The third kappa shape index (κ3) is 4.58. The summed E-state index contributed by atoms with van der Waals surface area (Å²) in [7, 11) is 1.67. The highest BCUT2D eigenvalue weighted by Crippen LogP contribution is 2.49. The predicted octanol–water partition coefficient (Wildman–Crippen LogP) is 5.73. The minimum Gasteiger partial charge on any atom is -0.626 e. The van der Waals surface area contributed by atoms with Gasteiger partial charge in [-0.2, -0.15) is 17.8 Å². The number of hydrogen-bond acceptors (Lipinski definition) is 4. The normalized spacial score (nSPS) is 28.9. The van der Waals surface area contributed by atoms with Crippen molar-refractivity contribution in [1.82, 2.24) is 9.63 Å². The van der Waals surface area contributed by atoms with Gasteiger partial charge in [-0.15, -0.1) is 0 Å². The second kappa shape index (κ2) is 9.37. The zero-order valence-electron chi connectivity index (χ0n) is 23.3. The van der Waals surface area contributed by atoms with Gasteiger partial charge in [-0.3, -0.25) is 4.79 Å². The third-order valence-corrected chi connectivity index (χ3v) is 8.76. The molecule has 1 N–H and O–H groups in total. The van der Waals surface area contributed by atoms with Gasteiger partial charge in [-0.1, -0.05) is 35.9 Å². The van der Waals surface area contributed by atoms with Crippen LogP contribution < -0.4 is 9.55 Å². The van der Waals surface area contributed by atoms with E-state index in [1.165, 1.54) is 6.20 Å². The largest absolute Gasteiger partial charge is 0.626 e. The van der Waals surface area contributed by atoms with Gasteiger partial charge in [0, 0.05) is 11.6 Å². The molecule has 7 nitrogen and oxygen atoms in total. The van der Waals surface area contributed by atoms with Crippen LogP contribution in [0, 0.1) is 19.1 Å². The lowest BCUT2D eigenvalue weighted by Gasteiger charge is -2.54. The molecule has 2 aromatic carbocycles. The van der Waals surface area contributed by atoms with E-state index >= 15 is 0 Å². The molecule has 10 heteroatoms. The van der Waals surface area contributed by atoms with Crippen molar-refractivity contribution < 1.29 is 27.8 Å². The minimum atomic E-state index is -4.53. The number of β-lactam (4-membered cyclic amide) rings is 1. The van der Waals surface area contributed by atoms with E-state index in [9.17, 15) is 28.4 Å². The van der Waals surface area contributed by atoms with Gasteiger partial charge in [-0.05, 0) is 56.5 Å². The summed E-state index contributed by atoms with van der Waals surface area (Å²) < 4.78 is 39.9. The first-order valence-electron chi connectivity index (χ1n) is 13.3. The molecule has 212 valence electrons. The van der Waals surface area contributed by atoms with E-state index in [2.05, 4.69) is 4.98 Å². The number of amides is 1. The highest BCUT2D eigenvalue weighted by atomic mass is 19.4. The maximum atomic E-state index is 13.9. The standard InChI is InChI=1S/C30H34F3N4O3/c1-19-14-22(16-23(15-19)30(31,32)33)29(4)21(3)35(28(29)38)26-18-34-27(37(40)12-10-36(5,39)11-13-37)17-25(26)24-9-7-6-8-20(24)2/h6-9,14-18,21,39H,10-13H2,1-5H3/q+1. The fraction of sp³-hybridized carbons (Fsp3) is 0.400. The SMILES string of the molecule is Cc1cc(C(F)(F)F)cc(C2(C)C(=O)N(c3cnc([N+]4([O-])CC[N+](C)(O)CC4)cc3-c3ccccc3C)C2C)c1. The molecule has 2 aliphatic heterocycles. The van der Waals surface area contributed by atoms with Gasteiger partial charge in [-0.25, -0.2) is 10.2 Å². The van der Waals surface area contributed by atoms with Crippen LogP contribution in [0.25, 0.3) is 11.1 Å². The van der Waals surface area contributed by atoms with Crippen LogP contribution >= 0.6 is 0 Å². The number of benzene rings is 2. The number of hydrogen-bond donors (Lipinski definition) is 1. The number of pyridine rings is 1. The van der Waals surface area contributed by atoms with Crippen LogP contribution in [0.4, 0.5) is 24.7 Å². The molecule has 0 aliphatic carbocycles. The summed E-state index contributed by atoms with van der Waals surface area (Å²) >= 11 is 0. The molecule has 3 heterocycles. The van der Waals surface area contributed by atoms with Crippen LogP contribution in [-0.4, -0.2) is 60.0 Å². The molecular formula is C30H34F3N4O3+. The number of anilines is 1. The van der Waals surface area contributed by atoms with Gasteiger partial charge in [0.05, 0.1) is 36.0 Å². The van der Waals surface area contributed by atoms with E-state index in [4.69, 9.17) is 0 Å². The highest BCUT2D eigenvalue weighted by Gasteiger charge is 2.57. The Hall–Kier alpha value is -3.31. The van der Waals surface area contributed by atoms with Gasteiger partial charge < -0.3 is 14.8 Å². The number of rotatable bonds is 4. The molecule has 0 bridgehead atoms. The smallest absolute Gasteiger partial charge is 0.416 e. The summed E-state index contributed by atoms with van der Waals surface area (Å²) in [6.45, 7) is 7.89. The summed E-state index contributed by atoms with van der Waals surface area (Å²) in [6.07, 6.45) is -3.00. The maximum absolute atomic E-state index is 13.9. The van der Waals surface area contributed by atoms with Gasteiger partial charge in [0.15, 0.2) is 13.1 Å². The van der Waals surface area contributed by atoms with Crippen molar-refractivity contribution in [2.45, 2.75) is 45.3 Å².